The number of benzene rings is 2. The topological polar surface area (TPSA) is 121 Å². The Hall–Kier alpha value is -5.30. The van der Waals surface area contributed by atoms with Gasteiger partial charge in [0, 0.05) is 50.7 Å². The standard InChI is InChI=1S/C36H37F2N9O2/c1-21(2)47-22(3)41-34-28(37)16-25(17-30(34)47)33-29(38)19-40-36(44-33)42-31-9-7-26(18-39-31)46-13-11-45(12-14-46)20-23-5-4-6-24(15-23)27-8-10-32(48)43-35(27)49/h4-7,9,15-19,21,27H,8,10-14,20H2,1-3H3,(H,43,48,49)(H,39,40,42,44). The average molecular weight is 666 g/mol. The first-order chi connectivity index (χ1) is 23.6. The first-order valence-corrected chi connectivity index (χ1v) is 16.5. The Kier molecular flexibility index (Phi) is 8.76. The lowest BCUT2D eigenvalue weighted by molar-refractivity contribution is -0.134. The molecule has 1 atom stereocenters. The molecule has 2 aliphatic heterocycles. The Morgan fingerprint density at radius 2 is 1.78 bits per heavy atom. The number of hydrogen-bond acceptors (Lipinski definition) is 9. The molecule has 0 radical (unpaired) electrons. The summed E-state index contributed by atoms with van der Waals surface area (Å²) in [4.78, 5) is 45.9. The number of amides is 2. The van der Waals surface area contributed by atoms with E-state index in [1.807, 2.05) is 49.6 Å². The van der Waals surface area contributed by atoms with Crippen LogP contribution >= 0.6 is 0 Å². The van der Waals surface area contributed by atoms with Crippen molar-refractivity contribution in [1.82, 2.24) is 34.7 Å². The molecule has 2 saturated heterocycles. The number of imide groups is 1. The molecule has 2 N–H and O–H groups in total. The summed E-state index contributed by atoms with van der Waals surface area (Å²) in [7, 11) is 0. The number of hydrogen-bond donors (Lipinski definition) is 2. The highest BCUT2D eigenvalue weighted by Gasteiger charge is 2.28. The van der Waals surface area contributed by atoms with E-state index in [1.54, 1.807) is 12.3 Å². The number of halogens is 2. The van der Waals surface area contributed by atoms with Crippen molar-refractivity contribution in [3.8, 4) is 11.3 Å². The van der Waals surface area contributed by atoms with E-state index in [0.29, 0.717) is 35.6 Å². The second-order valence-electron chi connectivity index (χ2n) is 12.9. The second kappa shape index (κ2) is 13.3. The first kappa shape index (κ1) is 32.3. The summed E-state index contributed by atoms with van der Waals surface area (Å²) in [5.74, 6) is -0.615. The van der Waals surface area contributed by atoms with Crippen LogP contribution in [0.2, 0.25) is 0 Å². The van der Waals surface area contributed by atoms with Crippen molar-refractivity contribution in [2.45, 2.75) is 52.1 Å². The predicted molar refractivity (Wildman–Crippen MR) is 182 cm³/mol. The van der Waals surface area contributed by atoms with Crippen LogP contribution in [0, 0.1) is 18.6 Å². The minimum Gasteiger partial charge on any atom is -0.368 e. The molecule has 0 saturated carbocycles. The number of fused-ring (bicyclic) bond motifs is 1. The zero-order valence-electron chi connectivity index (χ0n) is 27.6. The summed E-state index contributed by atoms with van der Waals surface area (Å²) in [6.45, 7) is 9.93. The SMILES string of the molecule is Cc1nc2c(F)cc(-c3nc(Nc4ccc(N5CCN(Cc6cccc(C7CCC(=O)NC7=O)c6)CC5)cn4)ncc3F)cc2n1C(C)C. The molecule has 3 aromatic heterocycles. The molecule has 2 aromatic carbocycles. The molecule has 5 aromatic rings. The van der Waals surface area contributed by atoms with Crippen LogP contribution in [0.1, 0.15) is 55.6 Å². The lowest BCUT2D eigenvalue weighted by Gasteiger charge is -2.36. The number of pyridine rings is 1. The second-order valence-corrected chi connectivity index (χ2v) is 12.9. The van der Waals surface area contributed by atoms with Gasteiger partial charge in [-0.25, -0.2) is 28.7 Å². The fourth-order valence-corrected chi connectivity index (χ4v) is 6.79. The van der Waals surface area contributed by atoms with Crippen molar-refractivity contribution in [3.05, 3.63) is 89.5 Å². The van der Waals surface area contributed by atoms with Gasteiger partial charge >= 0.3 is 0 Å². The van der Waals surface area contributed by atoms with E-state index in [4.69, 9.17) is 0 Å². The van der Waals surface area contributed by atoms with Crippen molar-refractivity contribution in [2.75, 3.05) is 36.4 Å². The zero-order chi connectivity index (χ0) is 34.2. The van der Waals surface area contributed by atoms with Gasteiger partial charge in [0.15, 0.2) is 11.6 Å². The fourth-order valence-electron chi connectivity index (χ4n) is 6.79. The first-order valence-electron chi connectivity index (χ1n) is 16.5. The third-order valence-corrected chi connectivity index (χ3v) is 9.18. The number of imidazole rings is 1. The number of piperazine rings is 1. The Morgan fingerprint density at radius 1 is 0.959 bits per heavy atom. The summed E-state index contributed by atoms with van der Waals surface area (Å²) >= 11 is 0. The largest absolute Gasteiger partial charge is 0.368 e. The van der Waals surface area contributed by atoms with Crippen molar-refractivity contribution >= 4 is 40.3 Å². The Labute approximate surface area is 282 Å². The Bertz CT molecular complexity index is 2040. The van der Waals surface area contributed by atoms with Gasteiger partial charge in [-0.2, -0.15) is 0 Å². The summed E-state index contributed by atoms with van der Waals surface area (Å²) in [5, 5.41) is 5.49. The number of carbonyl (C=O) groups is 2. The van der Waals surface area contributed by atoms with E-state index in [9.17, 15) is 14.0 Å². The molecular weight excluding hydrogens is 628 g/mol. The van der Waals surface area contributed by atoms with Crippen LogP contribution < -0.4 is 15.5 Å². The zero-order valence-corrected chi connectivity index (χ0v) is 27.6. The molecule has 11 nitrogen and oxygen atoms in total. The van der Waals surface area contributed by atoms with E-state index >= 15 is 4.39 Å². The maximum absolute atomic E-state index is 15.1. The minimum absolute atomic E-state index is 0.0235. The van der Waals surface area contributed by atoms with E-state index < -0.39 is 11.6 Å². The van der Waals surface area contributed by atoms with Crippen LogP contribution in [0.4, 0.5) is 26.2 Å². The molecule has 2 aliphatic rings. The number of carbonyl (C=O) groups excluding carboxylic acids is 2. The summed E-state index contributed by atoms with van der Waals surface area (Å²) in [6, 6.07) is 14.9. The molecule has 0 aliphatic carbocycles. The van der Waals surface area contributed by atoms with Gasteiger partial charge in [-0.15, -0.1) is 0 Å². The monoisotopic (exact) mass is 665 g/mol. The molecule has 5 heterocycles. The molecule has 13 heteroatoms. The van der Waals surface area contributed by atoms with Crippen molar-refractivity contribution in [2.24, 2.45) is 0 Å². The van der Waals surface area contributed by atoms with Crippen LogP contribution in [0.15, 0.2) is 60.9 Å². The molecule has 2 amide bonds. The highest BCUT2D eigenvalue weighted by atomic mass is 19.1. The number of anilines is 3. The predicted octanol–water partition coefficient (Wildman–Crippen LogP) is 5.64. The maximum atomic E-state index is 15.1. The van der Waals surface area contributed by atoms with E-state index in [2.05, 4.69) is 52.5 Å². The van der Waals surface area contributed by atoms with Crippen LogP contribution in [-0.4, -0.2) is 67.4 Å². The lowest BCUT2D eigenvalue weighted by Crippen LogP contribution is -2.46. The van der Waals surface area contributed by atoms with Crippen LogP contribution in [0.3, 0.4) is 0 Å². The van der Waals surface area contributed by atoms with E-state index in [-0.39, 0.29) is 40.9 Å². The number of piperidine rings is 1. The number of aromatic nitrogens is 5. The van der Waals surface area contributed by atoms with Crippen LogP contribution in [-0.2, 0) is 16.1 Å². The highest BCUT2D eigenvalue weighted by molar-refractivity contribution is 6.00. The summed E-state index contributed by atoms with van der Waals surface area (Å²) in [6.07, 6.45) is 3.75. The molecule has 49 heavy (non-hydrogen) atoms. The maximum Gasteiger partial charge on any atom is 0.234 e. The van der Waals surface area contributed by atoms with Gasteiger partial charge in [0.2, 0.25) is 17.8 Å². The summed E-state index contributed by atoms with van der Waals surface area (Å²) in [5.41, 5.74) is 4.15. The molecule has 0 bridgehead atoms. The fraction of sp³-hybridized carbons (Fsp3) is 0.333. The van der Waals surface area contributed by atoms with Gasteiger partial charge in [0.25, 0.3) is 0 Å². The Balaban J connectivity index is 0.984. The number of nitrogens with zero attached hydrogens (tertiary/aromatic N) is 7. The minimum atomic E-state index is -0.666. The molecule has 2 fully saturated rings. The molecule has 252 valence electrons. The normalized spacial score (nSPS) is 17.2. The van der Waals surface area contributed by atoms with E-state index in [1.165, 1.54) is 6.07 Å². The third-order valence-electron chi connectivity index (χ3n) is 9.18. The molecule has 0 spiro atoms. The van der Waals surface area contributed by atoms with Gasteiger partial charge in [-0.1, -0.05) is 24.3 Å². The van der Waals surface area contributed by atoms with Gasteiger partial charge in [0.05, 0.1) is 29.5 Å². The Morgan fingerprint density at radius 3 is 2.51 bits per heavy atom. The average Bonchev–Trinajstić information content (AvgIpc) is 3.43. The molecule has 1 unspecified atom stereocenters. The lowest BCUT2D eigenvalue weighted by atomic mass is 9.89. The van der Waals surface area contributed by atoms with Gasteiger partial charge < -0.3 is 14.8 Å². The highest BCUT2D eigenvalue weighted by Crippen LogP contribution is 2.31. The van der Waals surface area contributed by atoms with Crippen molar-refractivity contribution in [3.63, 3.8) is 0 Å². The van der Waals surface area contributed by atoms with Crippen molar-refractivity contribution < 1.29 is 18.4 Å². The third kappa shape index (κ3) is 6.71. The number of nitrogens with one attached hydrogen (secondary N) is 2. The molecular formula is C36H37F2N9O2. The smallest absolute Gasteiger partial charge is 0.234 e. The van der Waals surface area contributed by atoms with Gasteiger partial charge in [-0.3, -0.25) is 19.8 Å². The van der Waals surface area contributed by atoms with Gasteiger partial charge in [0.1, 0.15) is 22.9 Å². The number of aryl methyl sites for hydroxylation is 1. The molecule has 7 rings (SSSR count). The van der Waals surface area contributed by atoms with E-state index in [0.717, 1.165) is 55.7 Å². The summed E-state index contributed by atoms with van der Waals surface area (Å²) < 4.78 is 32.0. The van der Waals surface area contributed by atoms with Gasteiger partial charge in [-0.05, 0) is 62.6 Å². The number of rotatable bonds is 8. The quantitative estimate of drug-likeness (QED) is 0.203. The van der Waals surface area contributed by atoms with Crippen LogP contribution in [0.5, 0.6) is 0 Å². The van der Waals surface area contributed by atoms with Crippen molar-refractivity contribution in [1.29, 1.82) is 0 Å². The van der Waals surface area contributed by atoms with Crippen LogP contribution in [0.25, 0.3) is 22.3 Å².